The van der Waals surface area contributed by atoms with Crippen LogP contribution in [0.5, 0.6) is 0 Å². The van der Waals surface area contributed by atoms with Gasteiger partial charge in [0.2, 0.25) is 0 Å². The van der Waals surface area contributed by atoms with Crippen LogP contribution in [0.3, 0.4) is 0 Å². The first-order valence-electron chi connectivity index (χ1n) is 6.88. The average molecular weight is 384 g/mol. The molecule has 0 N–H and O–H groups in total. The van der Waals surface area contributed by atoms with Crippen molar-refractivity contribution >= 4 is 31.6 Å². The Morgan fingerprint density at radius 2 is 1.86 bits per heavy atom. The van der Waals surface area contributed by atoms with Gasteiger partial charge in [0, 0.05) is 11.0 Å². The molecular weight excluding hydrogens is 369 g/mol. The Bertz CT molecular complexity index is 865. The molecule has 6 heteroatoms. The minimum absolute atomic E-state index is 0.285. The van der Waals surface area contributed by atoms with E-state index in [1.807, 2.05) is 0 Å². The maximum absolute atomic E-state index is 13.5. The molecular formula is C16H15BrFNO2S. The third-order valence-corrected chi connectivity index (χ3v) is 6.34. The van der Waals surface area contributed by atoms with E-state index in [0.29, 0.717) is 29.8 Å². The second kappa shape index (κ2) is 5.35. The molecule has 0 aromatic heterocycles. The van der Waals surface area contributed by atoms with E-state index in [1.54, 1.807) is 32.0 Å². The van der Waals surface area contributed by atoms with Crippen LogP contribution < -0.4 is 4.31 Å². The first kappa shape index (κ1) is 15.5. The summed E-state index contributed by atoms with van der Waals surface area (Å²) >= 11 is 3.34. The van der Waals surface area contributed by atoms with E-state index in [1.165, 1.54) is 16.4 Å². The van der Waals surface area contributed by atoms with Crippen molar-refractivity contribution in [2.75, 3.05) is 10.8 Å². The van der Waals surface area contributed by atoms with Crippen molar-refractivity contribution in [1.29, 1.82) is 0 Å². The quantitative estimate of drug-likeness (QED) is 0.786. The predicted octanol–water partition coefficient (Wildman–Crippen LogP) is 3.96. The lowest BCUT2D eigenvalue weighted by atomic mass is 10.1. The number of fused-ring (bicyclic) bond motifs is 1. The molecule has 1 heterocycles. The molecule has 0 bridgehead atoms. The van der Waals surface area contributed by atoms with Crippen molar-refractivity contribution in [3.8, 4) is 0 Å². The van der Waals surface area contributed by atoms with Crippen molar-refractivity contribution in [3.63, 3.8) is 0 Å². The molecule has 0 spiro atoms. The molecule has 0 atom stereocenters. The van der Waals surface area contributed by atoms with Gasteiger partial charge in [0.05, 0.1) is 10.6 Å². The van der Waals surface area contributed by atoms with E-state index >= 15 is 0 Å². The fourth-order valence-corrected chi connectivity index (χ4v) is 5.20. The minimum atomic E-state index is -3.64. The molecule has 0 saturated carbocycles. The molecule has 22 heavy (non-hydrogen) atoms. The van der Waals surface area contributed by atoms with Crippen molar-refractivity contribution in [1.82, 2.24) is 0 Å². The van der Waals surface area contributed by atoms with Gasteiger partial charge < -0.3 is 0 Å². The summed E-state index contributed by atoms with van der Waals surface area (Å²) in [4.78, 5) is 0.285. The summed E-state index contributed by atoms with van der Waals surface area (Å²) in [6.07, 6.45) is 0.530. The Kier molecular flexibility index (Phi) is 3.77. The topological polar surface area (TPSA) is 37.4 Å². The van der Waals surface area contributed by atoms with Gasteiger partial charge in [0.25, 0.3) is 10.0 Å². The highest BCUT2D eigenvalue weighted by Crippen LogP contribution is 2.37. The van der Waals surface area contributed by atoms with Crippen LogP contribution in [-0.4, -0.2) is 15.0 Å². The molecule has 2 aromatic carbocycles. The zero-order valence-electron chi connectivity index (χ0n) is 12.2. The summed E-state index contributed by atoms with van der Waals surface area (Å²) in [7, 11) is -3.64. The maximum Gasteiger partial charge on any atom is 0.264 e. The molecule has 3 rings (SSSR count). The Labute approximate surface area is 137 Å². The Morgan fingerprint density at radius 3 is 2.55 bits per heavy atom. The fraction of sp³-hybridized carbons (Fsp3) is 0.250. The monoisotopic (exact) mass is 383 g/mol. The average Bonchev–Trinajstić information content (AvgIpc) is 2.82. The van der Waals surface area contributed by atoms with Gasteiger partial charge in [-0.3, -0.25) is 4.31 Å². The van der Waals surface area contributed by atoms with Crippen molar-refractivity contribution < 1.29 is 12.8 Å². The number of sulfonamides is 1. The highest BCUT2D eigenvalue weighted by Gasteiger charge is 2.33. The van der Waals surface area contributed by atoms with E-state index in [0.717, 1.165) is 10.0 Å². The molecule has 0 unspecified atom stereocenters. The first-order chi connectivity index (χ1) is 10.3. The number of rotatable bonds is 2. The van der Waals surface area contributed by atoms with Crippen LogP contribution in [0, 0.1) is 19.7 Å². The lowest BCUT2D eigenvalue weighted by molar-refractivity contribution is 0.591. The molecule has 0 amide bonds. The van der Waals surface area contributed by atoms with Gasteiger partial charge in [-0.1, -0.05) is 15.9 Å². The lowest BCUT2D eigenvalue weighted by Gasteiger charge is -2.22. The van der Waals surface area contributed by atoms with Crippen LogP contribution in [0.25, 0.3) is 0 Å². The highest BCUT2D eigenvalue weighted by molar-refractivity contribution is 9.10. The van der Waals surface area contributed by atoms with E-state index in [9.17, 15) is 12.8 Å². The number of benzene rings is 2. The molecule has 1 aliphatic heterocycles. The van der Waals surface area contributed by atoms with E-state index in [4.69, 9.17) is 0 Å². The van der Waals surface area contributed by atoms with Crippen LogP contribution in [0.2, 0.25) is 0 Å². The van der Waals surface area contributed by atoms with Crippen LogP contribution in [0.1, 0.15) is 16.7 Å². The van der Waals surface area contributed by atoms with Gasteiger partial charge in [0.15, 0.2) is 0 Å². The molecule has 0 aliphatic carbocycles. The summed E-state index contributed by atoms with van der Waals surface area (Å²) in [5, 5.41) is 0. The standard InChI is InChI=1S/C16H15BrFNO2S/c1-10-7-13(17)3-4-15(10)22(20,21)19-6-5-12-9-14(18)8-11(2)16(12)19/h3-4,7-9H,5-6H2,1-2H3. The second-order valence-corrected chi connectivity index (χ2v) is 8.21. The fourth-order valence-electron chi connectivity index (χ4n) is 2.95. The zero-order valence-corrected chi connectivity index (χ0v) is 14.6. The van der Waals surface area contributed by atoms with Crippen LogP contribution >= 0.6 is 15.9 Å². The number of anilines is 1. The van der Waals surface area contributed by atoms with Gasteiger partial charge in [-0.2, -0.15) is 0 Å². The van der Waals surface area contributed by atoms with Crippen LogP contribution in [0.4, 0.5) is 10.1 Å². The Morgan fingerprint density at radius 1 is 1.14 bits per heavy atom. The van der Waals surface area contributed by atoms with Gasteiger partial charge in [-0.25, -0.2) is 12.8 Å². The van der Waals surface area contributed by atoms with Crippen molar-refractivity contribution in [2.45, 2.75) is 25.2 Å². The zero-order chi connectivity index (χ0) is 16.1. The molecule has 0 saturated heterocycles. The molecule has 3 nitrogen and oxygen atoms in total. The van der Waals surface area contributed by atoms with Crippen molar-refractivity contribution in [2.24, 2.45) is 0 Å². The SMILES string of the molecule is Cc1cc(Br)ccc1S(=O)(=O)N1CCc2cc(F)cc(C)c21. The van der Waals surface area contributed by atoms with Crippen LogP contribution in [-0.2, 0) is 16.4 Å². The summed E-state index contributed by atoms with van der Waals surface area (Å²) in [5.74, 6) is -0.324. The summed E-state index contributed by atoms with van der Waals surface area (Å²) in [5.41, 5.74) is 2.69. The number of aryl methyl sites for hydroxylation is 2. The van der Waals surface area contributed by atoms with Gasteiger partial charge >= 0.3 is 0 Å². The first-order valence-corrected chi connectivity index (χ1v) is 9.12. The maximum atomic E-state index is 13.5. The van der Waals surface area contributed by atoms with E-state index in [-0.39, 0.29) is 10.7 Å². The van der Waals surface area contributed by atoms with Gasteiger partial charge in [0.1, 0.15) is 5.82 Å². The van der Waals surface area contributed by atoms with Gasteiger partial charge in [-0.05, 0) is 67.3 Å². The summed E-state index contributed by atoms with van der Waals surface area (Å²) < 4.78 is 41.7. The summed E-state index contributed by atoms with van der Waals surface area (Å²) in [6, 6.07) is 7.90. The van der Waals surface area contributed by atoms with Crippen molar-refractivity contribution in [3.05, 3.63) is 57.3 Å². The normalized spacial score (nSPS) is 14.3. The molecule has 2 aromatic rings. The number of hydrogen-bond acceptors (Lipinski definition) is 2. The van der Waals surface area contributed by atoms with Crippen LogP contribution in [0.15, 0.2) is 39.7 Å². The Balaban J connectivity index is 2.14. The van der Waals surface area contributed by atoms with Gasteiger partial charge in [-0.15, -0.1) is 0 Å². The number of nitrogens with zero attached hydrogens (tertiary/aromatic N) is 1. The lowest BCUT2D eigenvalue weighted by Crippen LogP contribution is -2.30. The number of hydrogen-bond donors (Lipinski definition) is 0. The molecule has 0 radical (unpaired) electrons. The second-order valence-electron chi connectivity index (χ2n) is 5.47. The molecule has 0 fully saturated rings. The smallest absolute Gasteiger partial charge is 0.264 e. The van der Waals surface area contributed by atoms with E-state index < -0.39 is 10.0 Å². The highest BCUT2D eigenvalue weighted by atomic mass is 79.9. The third-order valence-electron chi connectivity index (χ3n) is 3.88. The predicted molar refractivity (Wildman–Crippen MR) is 88.3 cm³/mol. The molecule has 1 aliphatic rings. The summed E-state index contributed by atoms with van der Waals surface area (Å²) in [6.45, 7) is 3.85. The third kappa shape index (κ3) is 2.44. The number of halogens is 2. The minimum Gasteiger partial charge on any atom is -0.265 e. The largest absolute Gasteiger partial charge is 0.265 e. The molecule has 116 valence electrons. The Hall–Kier alpha value is -1.40. The van der Waals surface area contributed by atoms with E-state index in [2.05, 4.69) is 15.9 Å².